The Morgan fingerprint density at radius 2 is 1.88 bits per heavy atom. The van der Waals surface area contributed by atoms with Crippen molar-refractivity contribution >= 4 is 28.5 Å². The summed E-state index contributed by atoms with van der Waals surface area (Å²) in [6.45, 7) is 1.61. The molecule has 136 valence electrons. The molecule has 1 aromatic carbocycles. The van der Waals surface area contributed by atoms with Gasteiger partial charge in [0.25, 0.3) is 0 Å². The average molecular weight is 359 g/mol. The van der Waals surface area contributed by atoms with Crippen molar-refractivity contribution in [3.63, 3.8) is 0 Å². The molecule has 0 saturated carbocycles. The summed E-state index contributed by atoms with van der Waals surface area (Å²) in [4.78, 5) is 35.4. The molecule has 2 N–H and O–H groups in total. The van der Waals surface area contributed by atoms with E-state index in [0.29, 0.717) is 10.6 Å². The first-order valence-electron chi connectivity index (χ1n) is 7.58. The van der Waals surface area contributed by atoms with Crippen molar-refractivity contribution in [2.24, 2.45) is 7.05 Å². The molecule has 0 saturated heterocycles. The molecule has 0 radical (unpaired) electrons. The molecule has 1 aliphatic heterocycles. The Morgan fingerprint density at radius 3 is 2.42 bits per heavy atom. The topological polar surface area (TPSA) is 132 Å². The van der Waals surface area contributed by atoms with Gasteiger partial charge in [0.1, 0.15) is 11.4 Å². The molecule has 2 heterocycles. The summed E-state index contributed by atoms with van der Waals surface area (Å²) in [5.74, 6) is -3.08. The zero-order chi connectivity index (χ0) is 19.3. The van der Waals surface area contributed by atoms with Gasteiger partial charge in [-0.05, 0) is 11.6 Å². The monoisotopic (exact) mass is 359 g/mol. The summed E-state index contributed by atoms with van der Waals surface area (Å²) < 4.78 is 6.48. The normalized spacial score (nSPS) is 16.2. The number of fused-ring (bicyclic) bond motifs is 3. The van der Waals surface area contributed by atoms with Crippen LogP contribution >= 0.6 is 0 Å². The molecule has 0 spiro atoms. The molecule has 1 aromatic heterocycles. The number of aromatic nitrogens is 1. The van der Waals surface area contributed by atoms with Crippen molar-refractivity contribution in [1.82, 2.24) is 4.57 Å². The second-order valence-electron chi connectivity index (χ2n) is 5.94. The van der Waals surface area contributed by atoms with Crippen LogP contribution in [0.5, 0.6) is 5.75 Å². The average Bonchev–Trinajstić information content (AvgIpc) is 2.58. The molecule has 1 atom stereocenters. The highest BCUT2D eigenvalue weighted by Gasteiger charge is 2.30. The van der Waals surface area contributed by atoms with Crippen LogP contribution in [0.1, 0.15) is 28.9 Å². The molecule has 0 aliphatic carbocycles. The summed E-state index contributed by atoms with van der Waals surface area (Å²) in [5, 5.41) is 31.6. The molecule has 2 aromatic rings. The maximum Gasteiger partial charge on any atom is 0.352 e. The van der Waals surface area contributed by atoms with Crippen molar-refractivity contribution < 1.29 is 24.5 Å². The summed E-state index contributed by atoms with van der Waals surface area (Å²) >= 11 is 0. The highest BCUT2D eigenvalue weighted by atomic mass is 16.5. The first kappa shape index (κ1) is 17.5. The van der Waals surface area contributed by atoms with Gasteiger partial charge in [0, 0.05) is 25.2 Å². The lowest BCUT2D eigenvalue weighted by atomic mass is 9.87. The number of aliphatic carboxylic acids is 1. The highest BCUT2D eigenvalue weighted by molar-refractivity contribution is 6.03. The van der Waals surface area contributed by atoms with E-state index in [2.05, 4.69) is 0 Å². The number of methoxy groups -OCH3 is 1. The Labute approximate surface area is 146 Å². The van der Waals surface area contributed by atoms with Gasteiger partial charge < -0.3 is 29.8 Å². The molecule has 3 rings (SSSR count). The predicted octanol–water partition coefficient (Wildman–Crippen LogP) is 1.64. The fraction of sp³-hybridized carbons (Fsp3) is 0.235. The van der Waals surface area contributed by atoms with Crippen LogP contribution in [0.3, 0.4) is 0 Å². The smallest absolute Gasteiger partial charge is 0.352 e. The molecule has 0 fully saturated rings. The second-order valence-corrected chi connectivity index (χ2v) is 5.94. The van der Waals surface area contributed by atoms with Crippen molar-refractivity contribution in [2.45, 2.75) is 12.8 Å². The number of nitrogens with zero attached hydrogens (tertiary/aromatic N) is 2. The van der Waals surface area contributed by atoms with Crippen molar-refractivity contribution in [2.75, 3.05) is 12.2 Å². The lowest BCUT2D eigenvalue weighted by Crippen LogP contribution is -2.25. The number of aryl methyl sites for hydroxylation is 1. The summed E-state index contributed by atoms with van der Waals surface area (Å²) in [6, 6.07) is 2.41. The maximum atomic E-state index is 12.6. The minimum Gasteiger partial charge on any atom is -0.754 e. The predicted molar refractivity (Wildman–Crippen MR) is 92.7 cm³/mol. The van der Waals surface area contributed by atoms with Crippen LogP contribution in [0.25, 0.3) is 10.9 Å². The molecule has 26 heavy (non-hydrogen) atoms. The fourth-order valence-electron chi connectivity index (χ4n) is 3.27. The van der Waals surface area contributed by atoms with Crippen molar-refractivity contribution in [3.8, 4) is 5.75 Å². The third-order valence-electron chi connectivity index (χ3n) is 4.57. The number of carbonyl (C=O) groups is 2. The van der Waals surface area contributed by atoms with Gasteiger partial charge in [0.2, 0.25) is 0 Å². The Kier molecular flexibility index (Phi) is 3.96. The standard InChI is InChI=1S/C17H15N2O7/c1-7-8-4-12(26-3)13-11(20)5-10(17(23)24)18(2)15(13)14(8)19(25)6-9(7)16(21)22/h4-7H,1-3H3,(H,21,22)(H,23,24)/q-1. The Hall–Kier alpha value is -3.33. The number of aromatic carboxylic acids is 1. The van der Waals surface area contributed by atoms with E-state index >= 15 is 0 Å². The lowest BCUT2D eigenvalue weighted by Gasteiger charge is -2.37. The van der Waals surface area contributed by atoms with E-state index in [1.54, 1.807) is 6.92 Å². The van der Waals surface area contributed by atoms with Gasteiger partial charge in [-0.1, -0.05) is 6.92 Å². The first-order chi connectivity index (χ1) is 12.2. The lowest BCUT2D eigenvalue weighted by molar-refractivity contribution is -0.133. The zero-order valence-electron chi connectivity index (χ0n) is 14.1. The van der Waals surface area contributed by atoms with E-state index < -0.39 is 23.3 Å². The van der Waals surface area contributed by atoms with Gasteiger partial charge in [-0.25, -0.2) is 9.59 Å². The van der Waals surface area contributed by atoms with Crippen LogP contribution in [-0.2, 0) is 11.8 Å². The van der Waals surface area contributed by atoms with Crippen molar-refractivity contribution in [1.29, 1.82) is 0 Å². The molecule has 9 heteroatoms. The number of carboxylic acid groups (broad SMARTS) is 2. The van der Waals surface area contributed by atoms with Gasteiger partial charge >= 0.3 is 11.9 Å². The molecular formula is C17H15N2O7-. The van der Waals surface area contributed by atoms with E-state index in [9.17, 15) is 29.8 Å². The third kappa shape index (κ3) is 2.32. The van der Waals surface area contributed by atoms with Gasteiger partial charge in [-0.15, -0.1) is 0 Å². The zero-order valence-corrected chi connectivity index (χ0v) is 14.1. The molecule has 0 amide bonds. The van der Waals surface area contributed by atoms with Gasteiger partial charge in [-0.3, -0.25) is 4.79 Å². The number of ether oxygens (including phenoxy) is 1. The Balaban J connectivity index is 2.53. The van der Waals surface area contributed by atoms with Gasteiger partial charge in [-0.2, -0.15) is 0 Å². The maximum absolute atomic E-state index is 12.6. The number of hydrogen-bond acceptors (Lipinski definition) is 6. The first-order valence-corrected chi connectivity index (χ1v) is 7.58. The van der Waals surface area contributed by atoms with Crippen LogP contribution < -0.4 is 15.2 Å². The Morgan fingerprint density at radius 1 is 1.23 bits per heavy atom. The minimum atomic E-state index is -1.33. The highest BCUT2D eigenvalue weighted by Crippen LogP contribution is 2.44. The van der Waals surface area contributed by atoms with Crippen LogP contribution in [-0.4, -0.2) is 33.8 Å². The Bertz CT molecular complexity index is 1050. The van der Waals surface area contributed by atoms with Crippen molar-refractivity contribution in [3.05, 3.63) is 50.6 Å². The molecule has 1 aliphatic rings. The minimum absolute atomic E-state index is 0.0287. The number of hydroxylamine groups is 1. The number of carboxylic acids is 2. The van der Waals surface area contributed by atoms with E-state index in [1.807, 2.05) is 0 Å². The van der Waals surface area contributed by atoms with Crippen LogP contribution in [0, 0.1) is 5.21 Å². The molecule has 0 bridgehead atoms. The van der Waals surface area contributed by atoms with Gasteiger partial charge in [0.15, 0.2) is 5.43 Å². The summed E-state index contributed by atoms with van der Waals surface area (Å²) in [6.07, 6.45) is 0.930. The van der Waals surface area contributed by atoms with E-state index in [1.165, 1.54) is 24.8 Å². The molecule has 1 unspecified atom stereocenters. The quantitative estimate of drug-likeness (QED) is 0.845. The van der Waals surface area contributed by atoms with Crippen LogP contribution in [0.2, 0.25) is 0 Å². The molecular weight excluding hydrogens is 344 g/mol. The summed E-state index contributed by atoms with van der Waals surface area (Å²) in [5.41, 5.74) is -0.584. The largest absolute Gasteiger partial charge is 0.754 e. The number of rotatable bonds is 3. The number of anilines is 1. The van der Waals surface area contributed by atoms with Crippen LogP contribution in [0.4, 0.5) is 5.69 Å². The number of pyridine rings is 1. The van der Waals surface area contributed by atoms with E-state index in [-0.39, 0.29) is 33.6 Å². The second kappa shape index (κ2) is 5.88. The van der Waals surface area contributed by atoms with E-state index in [4.69, 9.17) is 4.74 Å². The third-order valence-corrected chi connectivity index (χ3v) is 4.57. The van der Waals surface area contributed by atoms with E-state index in [0.717, 1.165) is 12.3 Å². The SMILES string of the molecule is COc1cc2c(c3c1c(=O)cc(C(=O)O)n3C)N([O-])C=C(C(=O)O)C2C. The number of hydrogen-bond donors (Lipinski definition) is 2. The number of benzene rings is 1. The fourth-order valence-corrected chi connectivity index (χ4v) is 3.27. The van der Waals surface area contributed by atoms with Crippen LogP contribution in [0.15, 0.2) is 28.7 Å². The molecule has 9 nitrogen and oxygen atoms in total. The van der Waals surface area contributed by atoms with Gasteiger partial charge in [0.05, 0.1) is 29.3 Å². The summed E-state index contributed by atoms with van der Waals surface area (Å²) in [7, 11) is 2.75.